The third-order valence-electron chi connectivity index (χ3n) is 7.75. The molecule has 3 amide bonds. The van der Waals surface area contributed by atoms with Gasteiger partial charge in [0, 0.05) is 47.7 Å². The molecule has 0 unspecified atom stereocenters. The highest BCUT2D eigenvalue weighted by Crippen LogP contribution is 2.36. The molecule has 4 aromatic rings. The second kappa shape index (κ2) is 12.1. The van der Waals surface area contributed by atoms with Crippen molar-refractivity contribution in [3.05, 3.63) is 42.6 Å². The number of carbonyl (C=O) groups is 3. The number of rotatable bonds is 4. The summed E-state index contributed by atoms with van der Waals surface area (Å²) >= 11 is 0. The topological polar surface area (TPSA) is 166 Å². The van der Waals surface area contributed by atoms with Crippen LogP contribution in [-0.4, -0.2) is 71.3 Å². The molecule has 2 heterocycles. The number of hydrogen-bond donors (Lipinski definition) is 2. The lowest BCUT2D eigenvalue weighted by Gasteiger charge is -2.38. The third-order valence-corrected chi connectivity index (χ3v) is 7.75. The Balaban J connectivity index is 1.44. The van der Waals surface area contributed by atoms with Gasteiger partial charge in [0.2, 0.25) is 5.95 Å². The number of aromatic nitrogens is 4. The number of anilines is 2. The van der Waals surface area contributed by atoms with Crippen molar-refractivity contribution < 1.29 is 29.0 Å². The van der Waals surface area contributed by atoms with Gasteiger partial charge >= 0.3 is 18.3 Å². The van der Waals surface area contributed by atoms with Crippen LogP contribution in [0.3, 0.4) is 0 Å². The minimum atomic E-state index is -1.19. The lowest BCUT2D eigenvalue weighted by molar-refractivity contribution is -0.0112. The Morgan fingerprint density at radius 3 is 2.00 bits per heavy atom. The van der Waals surface area contributed by atoms with Crippen LogP contribution in [-0.2, 0) is 16.5 Å². The minimum absolute atomic E-state index is 0.0577. The molecule has 3 N–H and O–H groups in total. The smallest absolute Gasteiger partial charge is 0.420 e. The molecule has 2 aromatic carbocycles. The fraction of sp³-hybridized carbons (Fsp3) is 0.455. The standard InChI is InChI=1S/C33H41N7O6/c1-32(2,3)45-30(43)40(31(44)46-33(4,5)6)21-14-12-20(13-15-21)39(29(41)42)28-35-18-19-16-24(25-17-26(34)37-38(25)7)22-10-8-9-11-23(22)27(19)36-28/h8-11,16-18,20-21H,12-15H2,1-7H3,(H2,34,37)(H,41,42)/t20-,21-. The van der Waals surface area contributed by atoms with E-state index in [1.54, 1.807) is 58.5 Å². The van der Waals surface area contributed by atoms with E-state index < -0.39 is 41.6 Å². The maximum Gasteiger partial charge on any atom is 0.420 e. The van der Waals surface area contributed by atoms with Gasteiger partial charge in [0.1, 0.15) is 17.0 Å². The van der Waals surface area contributed by atoms with Crippen molar-refractivity contribution in [3.63, 3.8) is 0 Å². The summed E-state index contributed by atoms with van der Waals surface area (Å²) in [4.78, 5) is 50.5. The molecule has 244 valence electrons. The van der Waals surface area contributed by atoms with E-state index in [0.717, 1.165) is 32.3 Å². The van der Waals surface area contributed by atoms with Crippen molar-refractivity contribution in [3.8, 4) is 11.3 Å². The fourth-order valence-corrected chi connectivity index (χ4v) is 5.90. The van der Waals surface area contributed by atoms with E-state index >= 15 is 0 Å². The summed E-state index contributed by atoms with van der Waals surface area (Å²) in [5.41, 5.74) is 6.66. The van der Waals surface area contributed by atoms with E-state index in [0.29, 0.717) is 37.0 Å². The van der Waals surface area contributed by atoms with E-state index in [4.69, 9.17) is 20.2 Å². The van der Waals surface area contributed by atoms with E-state index in [1.807, 2.05) is 37.4 Å². The first-order valence-electron chi connectivity index (χ1n) is 15.3. The lowest BCUT2D eigenvalue weighted by Crippen LogP contribution is -2.52. The summed E-state index contributed by atoms with van der Waals surface area (Å²) in [5.74, 6) is 0.461. The number of fused-ring (bicyclic) bond motifs is 3. The molecular formula is C33H41N7O6. The van der Waals surface area contributed by atoms with E-state index in [1.165, 1.54) is 4.90 Å². The predicted octanol–water partition coefficient (Wildman–Crippen LogP) is 6.73. The number of hydrogen-bond acceptors (Lipinski definition) is 9. The van der Waals surface area contributed by atoms with E-state index in [2.05, 4.69) is 10.1 Å². The minimum Gasteiger partial charge on any atom is -0.465 e. The van der Waals surface area contributed by atoms with Crippen molar-refractivity contribution in [2.24, 2.45) is 7.05 Å². The first kappa shape index (κ1) is 32.5. The number of nitrogens with two attached hydrogens (primary N) is 1. The number of nitrogens with zero attached hydrogens (tertiary/aromatic N) is 6. The molecule has 0 aliphatic heterocycles. The van der Waals surface area contributed by atoms with Gasteiger partial charge in [0.25, 0.3) is 0 Å². The van der Waals surface area contributed by atoms with Crippen LogP contribution in [0.4, 0.5) is 26.1 Å². The highest BCUT2D eigenvalue weighted by molar-refractivity contribution is 6.12. The van der Waals surface area contributed by atoms with Crippen LogP contribution in [0.1, 0.15) is 67.2 Å². The average Bonchev–Trinajstić information content (AvgIpc) is 3.29. The summed E-state index contributed by atoms with van der Waals surface area (Å²) in [7, 11) is 1.82. The molecular weight excluding hydrogens is 590 g/mol. The van der Waals surface area contributed by atoms with Crippen molar-refractivity contribution >= 4 is 51.7 Å². The zero-order valence-corrected chi connectivity index (χ0v) is 27.3. The molecule has 13 heteroatoms. The lowest BCUT2D eigenvalue weighted by atomic mass is 9.89. The molecule has 0 atom stereocenters. The third kappa shape index (κ3) is 6.82. The summed E-state index contributed by atoms with van der Waals surface area (Å²) in [6.07, 6.45) is 0.272. The molecule has 0 saturated heterocycles. The molecule has 1 saturated carbocycles. The molecule has 0 radical (unpaired) electrons. The Bertz CT molecular complexity index is 1770. The van der Waals surface area contributed by atoms with Gasteiger partial charge in [-0.3, -0.25) is 4.68 Å². The van der Waals surface area contributed by atoms with Gasteiger partial charge in [-0.1, -0.05) is 24.3 Å². The van der Waals surface area contributed by atoms with Crippen LogP contribution < -0.4 is 10.6 Å². The van der Waals surface area contributed by atoms with Crippen LogP contribution >= 0.6 is 0 Å². The Labute approximate surface area is 267 Å². The summed E-state index contributed by atoms with van der Waals surface area (Å²) in [6, 6.07) is 10.5. The Morgan fingerprint density at radius 2 is 1.48 bits per heavy atom. The molecule has 5 rings (SSSR count). The van der Waals surface area contributed by atoms with Gasteiger partial charge in [-0.25, -0.2) is 34.2 Å². The molecule has 1 aliphatic carbocycles. The molecule has 1 aliphatic rings. The predicted molar refractivity (Wildman–Crippen MR) is 175 cm³/mol. The normalized spacial score (nSPS) is 17.1. The number of amides is 3. The number of aryl methyl sites for hydroxylation is 1. The van der Waals surface area contributed by atoms with Crippen molar-refractivity contribution in [1.82, 2.24) is 24.6 Å². The zero-order chi connectivity index (χ0) is 33.6. The monoisotopic (exact) mass is 631 g/mol. The highest BCUT2D eigenvalue weighted by atomic mass is 16.6. The summed E-state index contributed by atoms with van der Waals surface area (Å²) in [6.45, 7) is 10.3. The van der Waals surface area contributed by atoms with E-state index in [9.17, 15) is 19.5 Å². The van der Waals surface area contributed by atoms with Gasteiger partial charge in [0.05, 0.1) is 11.2 Å². The summed E-state index contributed by atoms with van der Waals surface area (Å²) in [5, 5.41) is 17.1. The number of imide groups is 1. The van der Waals surface area contributed by atoms with Crippen LogP contribution in [0.5, 0.6) is 0 Å². The second-order valence-electron chi connectivity index (χ2n) is 13.6. The fourth-order valence-electron chi connectivity index (χ4n) is 5.90. The number of benzene rings is 2. The molecule has 46 heavy (non-hydrogen) atoms. The molecule has 13 nitrogen and oxygen atoms in total. The highest BCUT2D eigenvalue weighted by Gasteiger charge is 2.40. The summed E-state index contributed by atoms with van der Waals surface area (Å²) < 4.78 is 12.8. The average molecular weight is 632 g/mol. The van der Waals surface area contributed by atoms with Crippen molar-refractivity contribution in [2.75, 3.05) is 10.6 Å². The van der Waals surface area contributed by atoms with Crippen molar-refractivity contribution in [2.45, 2.75) is 90.5 Å². The van der Waals surface area contributed by atoms with Gasteiger partial charge in [-0.2, -0.15) is 5.10 Å². The van der Waals surface area contributed by atoms with E-state index in [-0.39, 0.29) is 5.95 Å². The van der Waals surface area contributed by atoms with Gasteiger partial charge in [0.15, 0.2) is 0 Å². The van der Waals surface area contributed by atoms with Crippen LogP contribution in [0, 0.1) is 0 Å². The number of nitrogen functional groups attached to an aromatic ring is 1. The van der Waals surface area contributed by atoms with Gasteiger partial charge in [-0.05, 0) is 78.7 Å². The largest absolute Gasteiger partial charge is 0.465 e. The SMILES string of the molecule is Cn1nc(N)cc1-c1cc2cnc(N(C(=O)O)[C@H]3CC[C@H](N(C(=O)OC(C)(C)C)C(=O)OC(C)(C)C)CC3)nc2c2ccccc12. The number of carboxylic acid groups (broad SMARTS) is 1. The van der Waals surface area contributed by atoms with Gasteiger partial charge in [-0.15, -0.1) is 0 Å². The number of ether oxygens (including phenoxy) is 2. The Kier molecular flexibility index (Phi) is 8.54. The van der Waals surface area contributed by atoms with Gasteiger partial charge < -0.3 is 20.3 Å². The quantitative estimate of drug-likeness (QED) is 0.230. The second-order valence-corrected chi connectivity index (χ2v) is 13.6. The van der Waals surface area contributed by atoms with Crippen LogP contribution in [0.2, 0.25) is 0 Å². The Morgan fingerprint density at radius 1 is 0.913 bits per heavy atom. The maximum atomic E-state index is 13.2. The number of carbonyl (C=O) groups excluding carboxylic acids is 2. The van der Waals surface area contributed by atoms with Crippen molar-refractivity contribution in [1.29, 1.82) is 0 Å². The molecule has 0 bridgehead atoms. The molecule has 1 fully saturated rings. The zero-order valence-electron chi connectivity index (χ0n) is 27.3. The maximum absolute atomic E-state index is 13.2. The molecule has 0 spiro atoms. The molecule has 2 aromatic heterocycles. The first-order chi connectivity index (χ1) is 21.5. The van der Waals surface area contributed by atoms with Crippen LogP contribution in [0.15, 0.2) is 42.6 Å². The first-order valence-corrected chi connectivity index (χ1v) is 15.3. The Hall–Kier alpha value is -4.94. The van der Waals surface area contributed by atoms with Crippen LogP contribution in [0.25, 0.3) is 32.9 Å².